The van der Waals surface area contributed by atoms with Crippen molar-refractivity contribution in [3.63, 3.8) is 0 Å². The molecule has 1 N–H and O–H groups in total. The van der Waals surface area contributed by atoms with Crippen molar-refractivity contribution in [1.82, 2.24) is 9.97 Å². The summed E-state index contributed by atoms with van der Waals surface area (Å²) in [6.07, 6.45) is 2.29. The zero-order valence-corrected chi connectivity index (χ0v) is 12.4. The number of nitrogens with one attached hydrogen (secondary N) is 1. The van der Waals surface area contributed by atoms with Gasteiger partial charge in [0, 0.05) is 39.4 Å². The van der Waals surface area contributed by atoms with E-state index in [0.717, 1.165) is 55.6 Å². The molecular formula is C14H24N4O. The molecule has 0 atom stereocenters. The van der Waals surface area contributed by atoms with E-state index in [2.05, 4.69) is 34.2 Å². The van der Waals surface area contributed by atoms with Gasteiger partial charge in [0.2, 0.25) is 0 Å². The van der Waals surface area contributed by atoms with Crippen molar-refractivity contribution in [1.29, 1.82) is 0 Å². The zero-order chi connectivity index (χ0) is 13.8. The van der Waals surface area contributed by atoms with Crippen LogP contribution in [0.4, 0.5) is 11.6 Å². The van der Waals surface area contributed by atoms with E-state index in [4.69, 9.17) is 4.74 Å². The Kier molecular flexibility index (Phi) is 4.58. The Morgan fingerprint density at radius 2 is 1.95 bits per heavy atom. The van der Waals surface area contributed by atoms with Crippen molar-refractivity contribution in [2.24, 2.45) is 5.92 Å². The Hall–Kier alpha value is -1.36. The summed E-state index contributed by atoms with van der Waals surface area (Å²) in [6.45, 7) is 6.82. The third-order valence-electron chi connectivity index (χ3n) is 3.70. The minimum absolute atomic E-state index is 0.700. The highest BCUT2D eigenvalue weighted by Gasteiger charge is 2.18. The summed E-state index contributed by atoms with van der Waals surface area (Å²) in [6, 6.07) is 0. The molecule has 19 heavy (non-hydrogen) atoms. The molecule has 1 aromatic rings. The van der Waals surface area contributed by atoms with Crippen LogP contribution in [0.3, 0.4) is 0 Å². The van der Waals surface area contributed by atoms with Crippen LogP contribution in [0.1, 0.15) is 24.2 Å². The molecule has 1 aliphatic heterocycles. The molecule has 0 amide bonds. The molecule has 1 saturated heterocycles. The van der Waals surface area contributed by atoms with E-state index < -0.39 is 0 Å². The lowest BCUT2D eigenvalue weighted by atomic mass is 10.00. The molecular weight excluding hydrogens is 240 g/mol. The maximum atomic E-state index is 5.41. The lowest BCUT2D eigenvalue weighted by molar-refractivity contribution is 0.0685. The average molecular weight is 264 g/mol. The third kappa shape index (κ3) is 3.35. The molecule has 0 spiro atoms. The molecule has 5 heteroatoms. The fourth-order valence-corrected chi connectivity index (χ4v) is 2.63. The number of aryl methyl sites for hydroxylation is 1. The molecule has 0 aromatic carbocycles. The smallest absolute Gasteiger partial charge is 0.137 e. The highest BCUT2D eigenvalue weighted by molar-refractivity contribution is 5.58. The molecule has 0 radical (unpaired) electrons. The van der Waals surface area contributed by atoms with Gasteiger partial charge >= 0.3 is 0 Å². The molecule has 0 aliphatic carbocycles. The van der Waals surface area contributed by atoms with E-state index in [1.807, 2.05) is 14.0 Å². The highest BCUT2D eigenvalue weighted by Crippen LogP contribution is 2.24. The van der Waals surface area contributed by atoms with Crippen molar-refractivity contribution >= 4 is 11.6 Å². The van der Waals surface area contributed by atoms with Gasteiger partial charge in [-0.3, -0.25) is 0 Å². The van der Waals surface area contributed by atoms with Gasteiger partial charge in [-0.25, -0.2) is 9.97 Å². The van der Waals surface area contributed by atoms with E-state index in [-0.39, 0.29) is 0 Å². The Morgan fingerprint density at radius 1 is 1.26 bits per heavy atom. The van der Waals surface area contributed by atoms with E-state index in [9.17, 15) is 0 Å². The van der Waals surface area contributed by atoms with Crippen LogP contribution >= 0.6 is 0 Å². The molecule has 1 aliphatic rings. The fraction of sp³-hybridized carbons (Fsp3) is 0.714. The third-order valence-corrected chi connectivity index (χ3v) is 3.70. The predicted molar refractivity (Wildman–Crippen MR) is 77.9 cm³/mol. The summed E-state index contributed by atoms with van der Waals surface area (Å²) in [5, 5.41) is 3.14. The van der Waals surface area contributed by atoms with Crippen LogP contribution in [0.25, 0.3) is 0 Å². The molecule has 0 unspecified atom stereocenters. The largest absolute Gasteiger partial charge is 0.381 e. The second kappa shape index (κ2) is 6.19. The molecule has 1 fully saturated rings. The van der Waals surface area contributed by atoms with Crippen LogP contribution < -0.4 is 10.2 Å². The highest BCUT2D eigenvalue weighted by atomic mass is 16.5. The summed E-state index contributed by atoms with van der Waals surface area (Å²) >= 11 is 0. The van der Waals surface area contributed by atoms with Gasteiger partial charge in [0.1, 0.15) is 17.5 Å². The van der Waals surface area contributed by atoms with E-state index in [0.29, 0.717) is 5.92 Å². The SMILES string of the molecule is CNc1nc(C)nc(N(C)CC2CCOCC2)c1C. The first-order valence-electron chi connectivity index (χ1n) is 6.93. The fourth-order valence-electron chi connectivity index (χ4n) is 2.63. The standard InChI is InChI=1S/C14H24N4O/c1-10-13(15-3)16-11(2)17-14(10)18(4)9-12-5-7-19-8-6-12/h12H,5-9H2,1-4H3,(H,15,16,17). The van der Waals surface area contributed by atoms with Gasteiger partial charge < -0.3 is 15.0 Å². The van der Waals surface area contributed by atoms with Crippen LogP contribution in [0.5, 0.6) is 0 Å². The molecule has 5 nitrogen and oxygen atoms in total. The van der Waals surface area contributed by atoms with Crippen molar-refractivity contribution in [2.45, 2.75) is 26.7 Å². The summed E-state index contributed by atoms with van der Waals surface area (Å²) in [5.41, 5.74) is 1.11. The molecule has 1 aromatic heterocycles. The Labute approximate surface area is 115 Å². The van der Waals surface area contributed by atoms with Crippen LogP contribution in [0.15, 0.2) is 0 Å². The predicted octanol–water partition coefficient (Wildman–Crippen LogP) is 2.00. The van der Waals surface area contributed by atoms with Crippen LogP contribution in [0, 0.1) is 19.8 Å². The summed E-state index contributed by atoms with van der Waals surface area (Å²) in [5.74, 6) is 3.46. The van der Waals surface area contributed by atoms with Crippen molar-refractivity contribution in [3.05, 3.63) is 11.4 Å². The molecule has 2 rings (SSSR count). The first kappa shape index (κ1) is 14.1. The Bertz CT molecular complexity index is 430. The number of rotatable bonds is 4. The van der Waals surface area contributed by atoms with Gasteiger partial charge in [-0.05, 0) is 32.6 Å². The number of hydrogen-bond acceptors (Lipinski definition) is 5. The summed E-state index contributed by atoms with van der Waals surface area (Å²) < 4.78 is 5.41. The Balaban J connectivity index is 2.13. The van der Waals surface area contributed by atoms with Crippen LogP contribution in [-0.2, 0) is 4.74 Å². The van der Waals surface area contributed by atoms with Gasteiger partial charge in [-0.2, -0.15) is 0 Å². The number of nitrogens with zero attached hydrogens (tertiary/aromatic N) is 3. The van der Waals surface area contributed by atoms with Crippen LogP contribution in [-0.4, -0.2) is 43.8 Å². The minimum atomic E-state index is 0.700. The average Bonchev–Trinajstić information content (AvgIpc) is 2.42. The number of hydrogen-bond donors (Lipinski definition) is 1. The van der Waals surface area contributed by atoms with Gasteiger partial charge in [0.05, 0.1) is 0 Å². The monoisotopic (exact) mass is 264 g/mol. The van der Waals surface area contributed by atoms with Gasteiger partial charge in [0.15, 0.2) is 0 Å². The number of ether oxygens (including phenoxy) is 1. The van der Waals surface area contributed by atoms with Crippen molar-refractivity contribution in [2.75, 3.05) is 44.1 Å². The maximum Gasteiger partial charge on any atom is 0.137 e. The van der Waals surface area contributed by atoms with Gasteiger partial charge in [-0.1, -0.05) is 0 Å². The van der Waals surface area contributed by atoms with Crippen molar-refractivity contribution < 1.29 is 4.74 Å². The quantitative estimate of drug-likeness (QED) is 0.901. The van der Waals surface area contributed by atoms with E-state index in [1.54, 1.807) is 0 Å². The molecule has 0 saturated carbocycles. The molecule has 2 heterocycles. The maximum absolute atomic E-state index is 5.41. The first-order chi connectivity index (χ1) is 9.11. The second-order valence-electron chi connectivity index (χ2n) is 5.25. The number of aromatic nitrogens is 2. The summed E-state index contributed by atoms with van der Waals surface area (Å²) in [4.78, 5) is 11.3. The zero-order valence-electron chi connectivity index (χ0n) is 12.4. The van der Waals surface area contributed by atoms with Gasteiger partial charge in [-0.15, -0.1) is 0 Å². The summed E-state index contributed by atoms with van der Waals surface area (Å²) in [7, 11) is 4.01. The molecule has 0 bridgehead atoms. The first-order valence-corrected chi connectivity index (χ1v) is 6.93. The Morgan fingerprint density at radius 3 is 2.58 bits per heavy atom. The lowest BCUT2D eigenvalue weighted by Gasteiger charge is -2.29. The van der Waals surface area contributed by atoms with Gasteiger partial charge in [0.25, 0.3) is 0 Å². The topological polar surface area (TPSA) is 50.3 Å². The lowest BCUT2D eigenvalue weighted by Crippen LogP contribution is -2.30. The normalized spacial score (nSPS) is 16.4. The van der Waals surface area contributed by atoms with E-state index >= 15 is 0 Å². The van der Waals surface area contributed by atoms with E-state index in [1.165, 1.54) is 0 Å². The second-order valence-corrected chi connectivity index (χ2v) is 5.25. The molecule has 106 valence electrons. The van der Waals surface area contributed by atoms with Crippen molar-refractivity contribution in [3.8, 4) is 0 Å². The van der Waals surface area contributed by atoms with Crippen LogP contribution in [0.2, 0.25) is 0 Å². The number of anilines is 2. The minimum Gasteiger partial charge on any atom is -0.381 e.